The van der Waals surface area contributed by atoms with Crippen molar-refractivity contribution in [1.82, 2.24) is 0 Å². The first kappa shape index (κ1) is 26.2. The van der Waals surface area contributed by atoms with Crippen LogP contribution in [0.15, 0.2) is 72.8 Å². The maximum atomic E-state index is 6.08. The van der Waals surface area contributed by atoms with Crippen molar-refractivity contribution < 1.29 is 14.2 Å². The van der Waals surface area contributed by atoms with E-state index < -0.39 is 14.7 Å². The van der Waals surface area contributed by atoms with E-state index >= 15 is 0 Å². The van der Waals surface area contributed by atoms with E-state index in [-0.39, 0.29) is 0 Å². The van der Waals surface area contributed by atoms with Crippen molar-refractivity contribution in [3.63, 3.8) is 0 Å². The van der Waals surface area contributed by atoms with Crippen LogP contribution in [0.5, 0.6) is 17.2 Å². The van der Waals surface area contributed by atoms with Gasteiger partial charge in [0.1, 0.15) is 0 Å². The van der Waals surface area contributed by atoms with Crippen LogP contribution in [0.25, 0.3) is 0 Å². The van der Waals surface area contributed by atoms with E-state index in [9.17, 15) is 0 Å². The Hall–Kier alpha value is -2.38. The summed E-state index contributed by atoms with van der Waals surface area (Å²) in [5.74, 6) is 4.27. The maximum absolute atomic E-state index is 6.08. The number of hydrogen-bond acceptors (Lipinski definition) is 3. The second-order valence-electron chi connectivity index (χ2n) is 9.94. The van der Waals surface area contributed by atoms with Crippen LogP contribution < -0.4 is 27.3 Å². The van der Waals surface area contributed by atoms with Gasteiger partial charge in [0.25, 0.3) is 0 Å². The van der Waals surface area contributed by atoms with Gasteiger partial charge in [-0.15, -0.1) is 0 Å². The standard InChI is InChI=1S/C30H39AsO3/c1-22(2)19-32-28-13-7-10-25(16-28)31(26-11-8-14-29(17-26)33-20-23(3)4)27-12-9-15-30(18-27)34-21-24(5)6/h7-18,22-24H,19-21H2,1-6H3. The molecule has 3 rings (SSSR count). The molecule has 0 N–H and O–H groups in total. The van der Waals surface area contributed by atoms with Gasteiger partial charge in [-0.3, -0.25) is 0 Å². The molecule has 0 saturated heterocycles. The van der Waals surface area contributed by atoms with Gasteiger partial charge in [-0.1, -0.05) is 0 Å². The van der Waals surface area contributed by atoms with Crippen molar-refractivity contribution in [1.29, 1.82) is 0 Å². The fourth-order valence-corrected chi connectivity index (χ4v) is 8.34. The Kier molecular flexibility index (Phi) is 9.96. The quantitative estimate of drug-likeness (QED) is 0.302. The van der Waals surface area contributed by atoms with E-state index in [2.05, 4.69) is 114 Å². The molecule has 0 aliphatic rings. The van der Waals surface area contributed by atoms with E-state index in [4.69, 9.17) is 14.2 Å². The molecule has 3 aromatic rings. The normalized spacial score (nSPS) is 11.5. The Bertz CT molecular complexity index is 897. The Morgan fingerprint density at radius 3 is 1.06 bits per heavy atom. The van der Waals surface area contributed by atoms with Gasteiger partial charge in [0.15, 0.2) is 0 Å². The van der Waals surface area contributed by atoms with Crippen LogP contribution in [-0.4, -0.2) is 34.5 Å². The zero-order chi connectivity index (χ0) is 24.5. The van der Waals surface area contributed by atoms with Crippen LogP contribution in [0.1, 0.15) is 41.5 Å². The monoisotopic (exact) mass is 522 g/mol. The molecule has 0 atom stereocenters. The van der Waals surface area contributed by atoms with Gasteiger partial charge < -0.3 is 0 Å². The summed E-state index contributed by atoms with van der Waals surface area (Å²) in [6.45, 7) is 15.2. The molecule has 0 aromatic heterocycles. The molecule has 0 fully saturated rings. The summed E-state index contributed by atoms with van der Waals surface area (Å²) in [4.78, 5) is 0. The van der Waals surface area contributed by atoms with Crippen LogP contribution >= 0.6 is 0 Å². The van der Waals surface area contributed by atoms with Crippen LogP contribution in [0.4, 0.5) is 0 Å². The molecule has 3 aromatic carbocycles. The molecule has 0 heterocycles. The minimum absolute atomic E-state index is 0.488. The average Bonchev–Trinajstić information content (AvgIpc) is 2.81. The van der Waals surface area contributed by atoms with Gasteiger partial charge in [0.05, 0.1) is 0 Å². The zero-order valence-corrected chi connectivity index (χ0v) is 23.3. The second kappa shape index (κ2) is 12.9. The molecular formula is C30H39AsO3. The van der Waals surface area contributed by atoms with Crippen molar-refractivity contribution in [2.24, 2.45) is 17.8 Å². The second-order valence-corrected chi connectivity index (χ2v) is 14.6. The summed E-state index contributed by atoms with van der Waals surface area (Å²) in [5, 5.41) is 0. The van der Waals surface area contributed by atoms with Gasteiger partial charge in [-0.25, -0.2) is 0 Å². The van der Waals surface area contributed by atoms with Crippen molar-refractivity contribution >= 4 is 27.7 Å². The van der Waals surface area contributed by atoms with Crippen LogP contribution in [-0.2, 0) is 0 Å². The summed E-state index contributed by atoms with van der Waals surface area (Å²) in [6, 6.07) is 25.9. The van der Waals surface area contributed by atoms with Gasteiger partial charge in [0, 0.05) is 0 Å². The predicted molar refractivity (Wildman–Crippen MR) is 145 cm³/mol. The number of rotatable bonds is 12. The Morgan fingerprint density at radius 1 is 0.500 bits per heavy atom. The summed E-state index contributed by atoms with van der Waals surface area (Å²) < 4.78 is 22.2. The van der Waals surface area contributed by atoms with Crippen LogP contribution in [0.3, 0.4) is 0 Å². The van der Waals surface area contributed by atoms with Crippen LogP contribution in [0.2, 0.25) is 0 Å². The molecule has 0 aliphatic carbocycles. The summed E-state index contributed by atoms with van der Waals surface area (Å²) >= 11 is -1.87. The van der Waals surface area contributed by atoms with Gasteiger partial charge in [0.2, 0.25) is 0 Å². The first-order chi connectivity index (χ1) is 16.3. The fourth-order valence-electron chi connectivity index (χ4n) is 3.37. The third kappa shape index (κ3) is 8.13. The first-order valence-electron chi connectivity index (χ1n) is 12.3. The molecule has 4 heteroatoms. The van der Waals surface area contributed by atoms with Crippen LogP contribution in [0, 0.1) is 17.8 Å². The predicted octanol–water partition coefficient (Wildman–Crippen LogP) is 5.31. The van der Waals surface area contributed by atoms with E-state index in [0.29, 0.717) is 37.6 Å². The molecule has 0 bridgehead atoms. The molecule has 182 valence electrons. The Morgan fingerprint density at radius 2 is 0.794 bits per heavy atom. The summed E-state index contributed by atoms with van der Waals surface area (Å²) in [6.07, 6.45) is 0. The summed E-state index contributed by atoms with van der Waals surface area (Å²) in [7, 11) is 0. The zero-order valence-electron chi connectivity index (χ0n) is 21.5. The molecule has 34 heavy (non-hydrogen) atoms. The molecule has 0 saturated carbocycles. The first-order valence-corrected chi connectivity index (χ1v) is 15.1. The number of benzene rings is 3. The third-order valence-electron chi connectivity index (χ3n) is 4.98. The molecule has 0 spiro atoms. The Labute approximate surface area is 210 Å². The summed E-state index contributed by atoms with van der Waals surface area (Å²) in [5.41, 5.74) is 0. The van der Waals surface area contributed by atoms with Gasteiger partial charge >= 0.3 is 211 Å². The van der Waals surface area contributed by atoms with E-state index in [1.807, 2.05) is 0 Å². The van der Waals surface area contributed by atoms with Crippen molar-refractivity contribution in [2.75, 3.05) is 19.8 Å². The van der Waals surface area contributed by atoms with Gasteiger partial charge in [-0.2, -0.15) is 0 Å². The molecule has 0 aliphatic heterocycles. The van der Waals surface area contributed by atoms with Crippen molar-refractivity contribution in [2.45, 2.75) is 41.5 Å². The van der Waals surface area contributed by atoms with Crippen molar-refractivity contribution in [3.8, 4) is 17.2 Å². The van der Waals surface area contributed by atoms with E-state index in [0.717, 1.165) is 17.2 Å². The molecule has 0 radical (unpaired) electrons. The minimum atomic E-state index is -1.87. The SMILES string of the molecule is CC(C)COc1cccc([As](c2cccc(OCC(C)C)c2)c2cccc(OCC(C)C)c2)c1. The Balaban J connectivity index is 2.01. The van der Waals surface area contributed by atoms with E-state index in [1.54, 1.807) is 0 Å². The van der Waals surface area contributed by atoms with Crippen molar-refractivity contribution in [3.05, 3.63) is 72.8 Å². The number of ether oxygens (including phenoxy) is 3. The molecule has 0 unspecified atom stereocenters. The van der Waals surface area contributed by atoms with E-state index in [1.165, 1.54) is 13.1 Å². The topological polar surface area (TPSA) is 27.7 Å². The molecular weight excluding hydrogens is 483 g/mol. The van der Waals surface area contributed by atoms with Gasteiger partial charge in [-0.05, 0) is 0 Å². The third-order valence-corrected chi connectivity index (χ3v) is 9.98. The molecule has 3 nitrogen and oxygen atoms in total. The number of hydrogen-bond donors (Lipinski definition) is 0. The molecule has 0 amide bonds. The fraction of sp³-hybridized carbons (Fsp3) is 0.400. The average molecular weight is 523 g/mol.